The minimum atomic E-state index is -0.700. The van der Waals surface area contributed by atoms with E-state index in [0.29, 0.717) is 16.9 Å². The van der Waals surface area contributed by atoms with E-state index >= 15 is 0 Å². The van der Waals surface area contributed by atoms with Crippen molar-refractivity contribution in [3.63, 3.8) is 0 Å². The lowest BCUT2D eigenvalue weighted by molar-refractivity contribution is 1.04. The summed E-state index contributed by atoms with van der Waals surface area (Å²) in [6.45, 7) is 0. The number of hydrogen-bond acceptors (Lipinski definition) is 3. The van der Waals surface area contributed by atoms with E-state index in [1.807, 2.05) is 41.0 Å². The normalized spacial score (nSPS) is 16.1. The van der Waals surface area contributed by atoms with Crippen molar-refractivity contribution < 1.29 is 19.2 Å². The first-order valence-corrected chi connectivity index (χ1v) is 13.6. The average molecular weight is 578 g/mol. The van der Waals surface area contributed by atoms with E-state index in [-0.39, 0.29) is 27.6 Å². The van der Waals surface area contributed by atoms with E-state index in [2.05, 4.69) is 4.98 Å². The molecule has 0 saturated carbocycles. The van der Waals surface area contributed by atoms with E-state index < -0.39 is 102 Å². The van der Waals surface area contributed by atoms with Gasteiger partial charge in [0.15, 0.2) is 5.82 Å². The van der Waals surface area contributed by atoms with Crippen molar-refractivity contribution in [3.05, 3.63) is 151 Å². The molecule has 5 aromatic carbocycles. The summed E-state index contributed by atoms with van der Waals surface area (Å²) in [5.41, 5.74) is 0.612. The van der Waals surface area contributed by atoms with Crippen LogP contribution >= 0.6 is 0 Å². The van der Waals surface area contributed by atoms with Gasteiger partial charge < -0.3 is 0 Å². The van der Waals surface area contributed by atoms with Crippen molar-refractivity contribution in [1.29, 1.82) is 0 Å². The molecule has 0 aliphatic rings. The first kappa shape index (κ1) is 14.4. The Morgan fingerprint density at radius 3 is 2.05 bits per heavy atom. The van der Waals surface area contributed by atoms with Gasteiger partial charge in [0, 0.05) is 44.9 Å². The highest BCUT2D eigenvalue weighted by molar-refractivity contribution is 6.09. The van der Waals surface area contributed by atoms with Gasteiger partial charge in [-0.3, -0.25) is 9.13 Å². The minimum Gasteiger partial charge on any atom is -0.294 e. The Bertz CT molecular complexity index is 3140. The van der Waals surface area contributed by atoms with Gasteiger partial charge in [0.25, 0.3) is 0 Å². The third-order valence-corrected chi connectivity index (χ3v) is 7.46. The number of para-hydroxylation sites is 4. The number of aromatic nitrogens is 5. The second-order valence-corrected chi connectivity index (χ2v) is 9.87. The number of benzene rings is 5. The molecule has 0 unspecified atom stereocenters. The average Bonchev–Trinajstić information content (AvgIpc) is 3.77. The van der Waals surface area contributed by atoms with Crippen molar-refractivity contribution in [2.24, 2.45) is 0 Å². The highest BCUT2D eigenvalue weighted by Gasteiger charge is 2.20. The summed E-state index contributed by atoms with van der Waals surface area (Å²) in [5.74, 6) is -0.598. The number of rotatable bonds is 4. The summed E-state index contributed by atoms with van der Waals surface area (Å²) < 4.78 is 125. The monoisotopic (exact) mass is 577 g/mol. The fourth-order valence-corrected chi connectivity index (χ4v) is 5.64. The molecule has 5 heteroatoms. The van der Waals surface area contributed by atoms with E-state index in [1.165, 1.54) is 0 Å². The van der Waals surface area contributed by atoms with Crippen molar-refractivity contribution in [2.75, 3.05) is 0 Å². The Labute approximate surface area is 273 Å². The Hall–Kier alpha value is -6.07. The fraction of sp³-hybridized carbons (Fsp3) is 0. The van der Waals surface area contributed by atoms with Crippen LogP contribution in [-0.4, -0.2) is 24.1 Å². The summed E-state index contributed by atoms with van der Waals surface area (Å²) in [6, 6.07) is 9.05. The van der Waals surface area contributed by atoms with E-state index in [0.717, 1.165) is 20.9 Å². The predicted octanol–water partition coefficient (Wildman–Crippen LogP) is 9.40. The van der Waals surface area contributed by atoms with Crippen LogP contribution in [0.5, 0.6) is 0 Å². The molecular weight excluding hydrogens is 538 g/mol. The molecule has 0 fully saturated rings. The topological polar surface area (TPSA) is 48.5 Å². The third-order valence-electron chi connectivity index (χ3n) is 7.46. The molecule has 5 nitrogen and oxygen atoms in total. The number of fused-ring (bicyclic) bond motifs is 6. The SMILES string of the molecule is [2H]c1c(-c2c([2H])c([2H])c([2H])c([2H])c2[2H])nc(-c2ccccc2-n2c3ccccc3c3cccnc32)nc1-n1c2c([2H])c([2H])c([2H])c([2H])c2c2c([2H])c([2H])c([2H])c([2H])c21. The van der Waals surface area contributed by atoms with Crippen LogP contribution in [0, 0.1) is 0 Å². The van der Waals surface area contributed by atoms with Crippen LogP contribution in [0.3, 0.4) is 0 Å². The van der Waals surface area contributed by atoms with Crippen molar-refractivity contribution in [3.8, 4) is 34.2 Å². The Balaban J connectivity index is 1.50. The first-order valence-electron chi connectivity index (χ1n) is 20.6. The summed E-state index contributed by atoms with van der Waals surface area (Å²) in [5, 5.41) is 1.21. The van der Waals surface area contributed by atoms with E-state index in [1.54, 1.807) is 30.5 Å². The van der Waals surface area contributed by atoms with Crippen LogP contribution in [0.2, 0.25) is 0 Å². The molecule has 0 amide bonds. The molecule has 9 rings (SSSR count). The summed E-state index contributed by atoms with van der Waals surface area (Å²) >= 11 is 0. The predicted molar refractivity (Wildman–Crippen MR) is 179 cm³/mol. The number of nitrogens with zero attached hydrogens (tertiary/aromatic N) is 5. The highest BCUT2D eigenvalue weighted by Crippen LogP contribution is 2.37. The van der Waals surface area contributed by atoms with Gasteiger partial charge in [0.05, 0.1) is 47.1 Å². The molecule has 0 saturated heterocycles. The molecule has 44 heavy (non-hydrogen) atoms. The minimum absolute atomic E-state index is 0.151. The molecule has 0 bridgehead atoms. The maximum Gasteiger partial charge on any atom is 0.164 e. The third kappa shape index (κ3) is 3.69. The summed E-state index contributed by atoms with van der Waals surface area (Å²) in [7, 11) is 0. The molecule has 4 aromatic heterocycles. The maximum absolute atomic E-state index is 9.63. The van der Waals surface area contributed by atoms with Gasteiger partial charge in [-0.15, -0.1) is 0 Å². The van der Waals surface area contributed by atoms with Crippen molar-refractivity contribution >= 4 is 43.7 Å². The zero-order valence-electron chi connectivity index (χ0n) is 36.6. The lowest BCUT2D eigenvalue weighted by Gasteiger charge is -2.15. The zero-order valence-corrected chi connectivity index (χ0v) is 22.6. The quantitative estimate of drug-likeness (QED) is 0.209. The zero-order chi connectivity index (χ0) is 41.2. The lowest BCUT2D eigenvalue weighted by Crippen LogP contribution is -2.05. The molecule has 0 spiro atoms. The second-order valence-electron chi connectivity index (χ2n) is 9.87. The van der Waals surface area contributed by atoms with Crippen LogP contribution in [-0.2, 0) is 0 Å². The summed E-state index contributed by atoms with van der Waals surface area (Å²) in [4.78, 5) is 14.3. The Morgan fingerprint density at radius 1 is 0.545 bits per heavy atom. The molecule has 4 heterocycles. The molecule has 0 aliphatic carbocycles. The molecule has 9 aromatic rings. The van der Waals surface area contributed by atoms with Crippen LogP contribution in [0.15, 0.2) is 151 Å². The highest BCUT2D eigenvalue weighted by atomic mass is 15.1. The van der Waals surface area contributed by atoms with Gasteiger partial charge in [-0.2, -0.15) is 0 Å². The van der Waals surface area contributed by atoms with Crippen LogP contribution in [0.1, 0.15) is 19.2 Å². The van der Waals surface area contributed by atoms with Crippen LogP contribution < -0.4 is 0 Å². The lowest BCUT2D eigenvalue weighted by atomic mass is 10.1. The maximum atomic E-state index is 9.63. The molecule has 0 aliphatic heterocycles. The molecular formula is C39H25N5. The number of hydrogen-bond donors (Lipinski definition) is 0. The second kappa shape index (κ2) is 9.75. The van der Waals surface area contributed by atoms with E-state index in [9.17, 15) is 1.37 Å². The first-order chi connectivity index (χ1) is 27.7. The van der Waals surface area contributed by atoms with Crippen molar-refractivity contribution in [2.45, 2.75) is 0 Å². The van der Waals surface area contributed by atoms with Gasteiger partial charge in [-0.1, -0.05) is 96.8 Å². The molecule has 206 valence electrons. The van der Waals surface area contributed by atoms with Crippen LogP contribution in [0.25, 0.3) is 77.9 Å². The van der Waals surface area contributed by atoms with Crippen LogP contribution in [0.4, 0.5) is 0 Å². The largest absolute Gasteiger partial charge is 0.294 e. The molecule has 0 atom stereocenters. The van der Waals surface area contributed by atoms with Gasteiger partial charge in [-0.05, 0) is 42.4 Å². The Kier molecular flexibility index (Phi) is 3.19. The van der Waals surface area contributed by atoms with Gasteiger partial charge in [0.1, 0.15) is 11.5 Å². The van der Waals surface area contributed by atoms with Gasteiger partial charge in [0.2, 0.25) is 0 Å². The molecule has 0 radical (unpaired) electrons. The number of pyridine rings is 1. The Morgan fingerprint density at radius 2 is 1.23 bits per heavy atom. The standard InChI is InChI=1S/C39H25N5/c1-2-13-26(14-3-1)32-25-37(43-33-20-8-4-15-27(33)28-16-5-9-21-34(28)43)42-38(41-32)31-18-7-11-23-36(31)44-35-22-10-6-17-29(35)30-19-12-24-40-39(30)44/h1-25H/i1D,2D,3D,4D,5D,8D,9D,13D,14D,15D,16D,20D,21D,25D. The van der Waals surface area contributed by atoms with Gasteiger partial charge >= 0.3 is 0 Å². The summed E-state index contributed by atoms with van der Waals surface area (Å²) in [6.07, 6.45) is 1.65. The molecule has 0 N–H and O–H groups in total. The smallest absolute Gasteiger partial charge is 0.164 e. The van der Waals surface area contributed by atoms with Gasteiger partial charge in [-0.25, -0.2) is 15.0 Å². The fourth-order valence-electron chi connectivity index (χ4n) is 5.64. The van der Waals surface area contributed by atoms with Crippen molar-refractivity contribution in [1.82, 2.24) is 24.1 Å². The van der Waals surface area contributed by atoms with E-state index in [4.69, 9.17) is 27.8 Å².